The summed E-state index contributed by atoms with van der Waals surface area (Å²) in [6, 6.07) is 16.5. The fourth-order valence-corrected chi connectivity index (χ4v) is 3.52. The Labute approximate surface area is 174 Å². The molecular formula is C20H12ClN3O4S. The molecule has 0 aliphatic carbocycles. The van der Waals surface area contributed by atoms with E-state index in [0.717, 1.165) is 0 Å². The van der Waals surface area contributed by atoms with Crippen LogP contribution in [-0.2, 0) is 4.79 Å². The van der Waals surface area contributed by atoms with Gasteiger partial charge in [-0.1, -0.05) is 11.6 Å². The zero-order valence-corrected chi connectivity index (χ0v) is 16.2. The molecule has 4 rings (SSSR count). The first kappa shape index (κ1) is 19.0. The molecule has 144 valence electrons. The Morgan fingerprint density at radius 1 is 1.07 bits per heavy atom. The molecule has 9 heteroatoms. The number of carbonyl (C=O) groups is 1. The van der Waals surface area contributed by atoms with Crippen LogP contribution in [0.4, 0.5) is 11.4 Å². The molecule has 3 aromatic rings. The molecule has 1 fully saturated rings. The van der Waals surface area contributed by atoms with E-state index in [1.165, 1.54) is 23.9 Å². The van der Waals surface area contributed by atoms with Crippen molar-refractivity contribution >= 4 is 51.9 Å². The SMILES string of the molecule is O=C1NC(=Nc2ccc(Cl)cc2)S/C1=C/c1ccc(-c2ccc([N+](=O)[O-])cc2)o1. The molecular weight excluding hydrogens is 414 g/mol. The van der Waals surface area contributed by atoms with Gasteiger partial charge in [0, 0.05) is 28.8 Å². The molecule has 7 nitrogen and oxygen atoms in total. The van der Waals surface area contributed by atoms with Gasteiger partial charge < -0.3 is 9.73 Å². The van der Waals surface area contributed by atoms with E-state index >= 15 is 0 Å². The van der Waals surface area contributed by atoms with Gasteiger partial charge in [-0.2, -0.15) is 0 Å². The molecule has 29 heavy (non-hydrogen) atoms. The molecule has 1 N–H and O–H groups in total. The van der Waals surface area contributed by atoms with Crippen molar-refractivity contribution in [3.8, 4) is 11.3 Å². The van der Waals surface area contributed by atoms with Crippen LogP contribution in [-0.4, -0.2) is 16.0 Å². The monoisotopic (exact) mass is 425 g/mol. The Kier molecular flexibility index (Phi) is 5.20. The third kappa shape index (κ3) is 4.39. The van der Waals surface area contributed by atoms with E-state index < -0.39 is 4.92 Å². The number of halogens is 1. The first-order valence-corrected chi connectivity index (χ1v) is 9.57. The summed E-state index contributed by atoms with van der Waals surface area (Å²) in [7, 11) is 0. The van der Waals surface area contributed by atoms with Gasteiger partial charge in [-0.25, -0.2) is 4.99 Å². The zero-order valence-electron chi connectivity index (χ0n) is 14.7. The van der Waals surface area contributed by atoms with Crippen molar-refractivity contribution in [1.29, 1.82) is 0 Å². The number of nitrogens with one attached hydrogen (secondary N) is 1. The molecule has 1 amide bonds. The maximum absolute atomic E-state index is 12.2. The summed E-state index contributed by atoms with van der Waals surface area (Å²) in [5.41, 5.74) is 1.39. The van der Waals surface area contributed by atoms with Gasteiger partial charge in [-0.15, -0.1) is 0 Å². The average Bonchev–Trinajstić information content (AvgIpc) is 3.31. The average molecular weight is 426 g/mol. The fraction of sp³-hybridized carbons (Fsp3) is 0. The second-order valence-electron chi connectivity index (χ2n) is 5.96. The third-order valence-corrected chi connectivity index (χ3v) is 5.13. The normalized spacial score (nSPS) is 16.4. The van der Waals surface area contributed by atoms with Crippen LogP contribution in [0.15, 0.2) is 75.0 Å². The van der Waals surface area contributed by atoms with E-state index in [1.54, 1.807) is 54.6 Å². The minimum Gasteiger partial charge on any atom is -0.457 e. The lowest BCUT2D eigenvalue weighted by atomic mass is 10.1. The molecule has 0 radical (unpaired) electrons. The van der Waals surface area contributed by atoms with Crippen molar-refractivity contribution in [3.05, 3.63) is 86.5 Å². The van der Waals surface area contributed by atoms with Crippen LogP contribution in [0, 0.1) is 10.1 Å². The molecule has 2 aromatic carbocycles. The maximum Gasteiger partial charge on any atom is 0.269 e. The third-order valence-electron chi connectivity index (χ3n) is 3.97. The number of carbonyl (C=O) groups excluding carboxylic acids is 1. The number of benzene rings is 2. The van der Waals surface area contributed by atoms with E-state index in [-0.39, 0.29) is 11.6 Å². The van der Waals surface area contributed by atoms with Gasteiger partial charge >= 0.3 is 0 Å². The first-order valence-electron chi connectivity index (χ1n) is 8.38. The molecule has 1 aromatic heterocycles. The van der Waals surface area contributed by atoms with Crippen molar-refractivity contribution in [1.82, 2.24) is 5.32 Å². The zero-order chi connectivity index (χ0) is 20.4. The Morgan fingerprint density at radius 3 is 2.48 bits per heavy atom. The molecule has 0 bridgehead atoms. The fourth-order valence-electron chi connectivity index (χ4n) is 2.58. The van der Waals surface area contributed by atoms with Gasteiger partial charge in [-0.3, -0.25) is 14.9 Å². The molecule has 0 unspecified atom stereocenters. The number of thioether (sulfide) groups is 1. The lowest BCUT2D eigenvalue weighted by Gasteiger charge is -1.96. The summed E-state index contributed by atoms with van der Waals surface area (Å²) in [5, 5.41) is 14.5. The number of aliphatic imine (C=N–C) groups is 1. The number of nitro groups is 1. The van der Waals surface area contributed by atoms with Crippen LogP contribution in [0.2, 0.25) is 5.02 Å². The number of hydrogen-bond acceptors (Lipinski definition) is 6. The summed E-state index contributed by atoms with van der Waals surface area (Å²) in [6.45, 7) is 0. The largest absolute Gasteiger partial charge is 0.457 e. The Balaban J connectivity index is 1.52. The number of rotatable bonds is 4. The molecule has 1 aliphatic heterocycles. The molecule has 0 atom stereocenters. The first-order chi connectivity index (χ1) is 14.0. The maximum atomic E-state index is 12.2. The highest BCUT2D eigenvalue weighted by molar-refractivity contribution is 8.18. The molecule has 1 aliphatic rings. The van der Waals surface area contributed by atoms with E-state index in [9.17, 15) is 14.9 Å². The predicted molar refractivity (Wildman–Crippen MR) is 113 cm³/mol. The minimum absolute atomic E-state index is 0.00850. The number of non-ortho nitro benzene ring substituents is 1. The van der Waals surface area contributed by atoms with Gasteiger partial charge in [0.15, 0.2) is 5.17 Å². The molecule has 2 heterocycles. The van der Waals surface area contributed by atoms with Crippen molar-refractivity contribution in [2.75, 3.05) is 0 Å². The van der Waals surface area contributed by atoms with Crippen molar-refractivity contribution in [2.45, 2.75) is 0 Å². The highest BCUT2D eigenvalue weighted by Gasteiger charge is 2.24. The summed E-state index contributed by atoms with van der Waals surface area (Å²) in [4.78, 5) is 27.3. The number of amides is 1. The lowest BCUT2D eigenvalue weighted by Crippen LogP contribution is -2.19. The summed E-state index contributed by atoms with van der Waals surface area (Å²) < 4.78 is 5.75. The number of hydrogen-bond donors (Lipinski definition) is 1. The quantitative estimate of drug-likeness (QED) is 0.343. The minimum atomic E-state index is -0.457. The summed E-state index contributed by atoms with van der Waals surface area (Å²) >= 11 is 7.07. The van der Waals surface area contributed by atoms with Gasteiger partial charge in [0.05, 0.1) is 15.5 Å². The van der Waals surface area contributed by atoms with Crippen molar-refractivity contribution < 1.29 is 14.1 Å². The summed E-state index contributed by atoms with van der Waals surface area (Å²) in [6.07, 6.45) is 1.62. The van der Waals surface area contributed by atoms with E-state index in [0.29, 0.717) is 37.9 Å². The molecule has 0 spiro atoms. The molecule has 0 saturated carbocycles. The number of nitro benzene ring substituents is 1. The van der Waals surface area contributed by atoms with Crippen LogP contribution in [0.25, 0.3) is 17.4 Å². The van der Waals surface area contributed by atoms with Crippen molar-refractivity contribution in [3.63, 3.8) is 0 Å². The lowest BCUT2D eigenvalue weighted by molar-refractivity contribution is -0.384. The van der Waals surface area contributed by atoms with Crippen LogP contribution >= 0.6 is 23.4 Å². The smallest absolute Gasteiger partial charge is 0.269 e. The second-order valence-corrected chi connectivity index (χ2v) is 7.43. The Morgan fingerprint density at radius 2 is 1.79 bits per heavy atom. The highest BCUT2D eigenvalue weighted by Crippen LogP contribution is 2.30. The number of amidine groups is 1. The van der Waals surface area contributed by atoms with Gasteiger partial charge in [0.1, 0.15) is 11.5 Å². The van der Waals surface area contributed by atoms with Gasteiger partial charge in [0.25, 0.3) is 11.6 Å². The molecule has 1 saturated heterocycles. The highest BCUT2D eigenvalue weighted by atomic mass is 35.5. The van der Waals surface area contributed by atoms with Crippen LogP contribution in [0.3, 0.4) is 0 Å². The van der Waals surface area contributed by atoms with Crippen LogP contribution in [0.1, 0.15) is 5.76 Å². The standard InChI is InChI=1S/C20H12ClN3O4S/c21-13-3-5-14(6-4-13)22-20-23-19(25)18(29-20)11-16-9-10-17(28-16)12-1-7-15(8-2-12)24(26)27/h1-11H,(H,22,23,25)/b18-11+. The Hall–Kier alpha value is -3.36. The Bertz CT molecular complexity index is 1150. The van der Waals surface area contributed by atoms with E-state index in [1.807, 2.05) is 0 Å². The summed E-state index contributed by atoms with van der Waals surface area (Å²) in [5.74, 6) is 0.768. The van der Waals surface area contributed by atoms with Crippen LogP contribution in [0.5, 0.6) is 0 Å². The second kappa shape index (κ2) is 7.94. The predicted octanol–water partition coefficient (Wildman–Crippen LogP) is 5.40. The van der Waals surface area contributed by atoms with E-state index in [4.69, 9.17) is 16.0 Å². The van der Waals surface area contributed by atoms with E-state index in [2.05, 4.69) is 10.3 Å². The van der Waals surface area contributed by atoms with Gasteiger partial charge in [0.2, 0.25) is 0 Å². The van der Waals surface area contributed by atoms with Crippen LogP contribution < -0.4 is 5.32 Å². The number of nitrogens with zero attached hydrogens (tertiary/aromatic N) is 2. The number of furan rings is 1. The van der Waals surface area contributed by atoms with Gasteiger partial charge in [-0.05, 0) is 60.3 Å². The van der Waals surface area contributed by atoms with Crippen molar-refractivity contribution in [2.24, 2.45) is 4.99 Å². The topological polar surface area (TPSA) is 97.7 Å².